The predicted molar refractivity (Wildman–Crippen MR) is 80.6 cm³/mol. The van der Waals surface area contributed by atoms with Crippen LogP contribution in [0.4, 0.5) is 0 Å². The molecule has 0 aliphatic heterocycles. The Morgan fingerprint density at radius 1 is 1.32 bits per heavy atom. The van der Waals surface area contributed by atoms with Gasteiger partial charge in [-0.3, -0.25) is 0 Å². The maximum absolute atomic E-state index is 6.10. The molecule has 19 heavy (non-hydrogen) atoms. The fourth-order valence-electron chi connectivity index (χ4n) is 2.56. The molecule has 4 heteroatoms. The van der Waals surface area contributed by atoms with Crippen LogP contribution in [-0.4, -0.2) is 26.4 Å². The summed E-state index contributed by atoms with van der Waals surface area (Å²) in [5, 5.41) is 3.15. The van der Waals surface area contributed by atoms with E-state index in [0.29, 0.717) is 6.10 Å². The van der Waals surface area contributed by atoms with E-state index in [1.54, 1.807) is 7.11 Å². The second-order valence-corrected chi connectivity index (χ2v) is 5.91. The minimum atomic E-state index is 0.269. The van der Waals surface area contributed by atoms with Gasteiger partial charge in [-0.2, -0.15) is 0 Å². The molecule has 2 rings (SSSR count). The van der Waals surface area contributed by atoms with Crippen molar-refractivity contribution in [3.63, 3.8) is 0 Å². The summed E-state index contributed by atoms with van der Waals surface area (Å²) in [5.74, 6) is 0.932. The van der Waals surface area contributed by atoms with Crippen molar-refractivity contribution < 1.29 is 9.47 Å². The van der Waals surface area contributed by atoms with E-state index in [0.717, 1.165) is 36.0 Å². The van der Waals surface area contributed by atoms with Gasteiger partial charge >= 0.3 is 0 Å². The topological polar surface area (TPSA) is 30.5 Å². The van der Waals surface area contributed by atoms with Gasteiger partial charge in [0.05, 0.1) is 10.6 Å². The van der Waals surface area contributed by atoms with E-state index in [4.69, 9.17) is 9.47 Å². The van der Waals surface area contributed by atoms with Gasteiger partial charge in [-0.05, 0) is 59.9 Å². The van der Waals surface area contributed by atoms with E-state index in [1.165, 1.54) is 12.0 Å². The van der Waals surface area contributed by atoms with Gasteiger partial charge in [-0.25, -0.2) is 0 Å². The number of benzene rings is 1. The largest absolute Gasteiger partial charge is 0.489 e. The third-order valence-corrected chi connectivity index (χ3v) is 4.20. The smallest absolute Gasteiger partial charge is 0.133 e. The van der Waals surface area contributed by atoms with Crippen molar-refractivity contribution in [2.45, 2.75) is 44.4 Å². The highest BCUT2D eigenvalue weighted by Gasteiger charge is 2.23. The standard InChI is InChI=1S/C15H22BrNO2/c1-17-10-11-6-7-15(14(16)8-11)19-13-5-3-4-12(9-13)18-2/h6-8,12-13,17H,3-5,9-10H2,1-2H3. The van der Waals surface area contributed by atoms with Gasteiger partial charge in [0, 0.05) is 20.1 Å². The first kappa shape index (κ1) is 14.8. The number of methoxy groups -OCH3 is 1. The molecule has 0 amide bonds. The van der Waals surface area contributed by atoms with Gasteiger partial charge in [-0.1, -0.05) is 6.07 Å². The molecule has 2 atom stereocenters. The number of rotatable bonds is 5. The van der Waals surface area contributed by atoms with Crippen molar-refractivity contribution in [3.8, 4) is 5.75 Å². The quantitative estimate of drug-likeness (QED) is 0.897. The number of halogens is 1. The summed E-state index contributed by atoms with van der Waals surface area (Å²) in [7, 11) is 3.74. The van der Waals surface area contributed by atoms with E-state index < -0.39 is 0 Å². The van der Waals surface area contributed by atoms with Crippen molar-refractivity contribution in [3.05, 3.63) is 28.2 Å². The Kier molecular flexibility index (Phi) is 5.67. The van der Waals surface area contributed by atoms with Crippen LogP contribution in [0.5, 0.6) is 5.75 Å². The molecule has 1 aliphatic rings. The minimum Gasteiger partial charge on any atom is -0.489 e. The monoisotopic (exact) mass is 327 g/mol. The molecule has 1 aromatic carbocycles. The Morgan fingerprint density at radius 3 is 2.79 bits per heavy atom. The van der Waals surface area contributed by atoms with Gasteiger partial charge in [0.1, 0.15) is 11.9 Å². The first-order valence-corrected chi connectivity index (χ1v) is 7.64. The zero-order valence-corrected chi connectivity index (χ0v) is 13.2. The van der Waals surface area contributed by atoms with Gasteiger partial charge in [-0.15, -0.1) is 0 Å². The van der Waals surface area contributed by atoms with Crippen molar-refractivity contribution in [1.82, 2.24) is 5.32 Å². The molecule has 1 fully saturated rings. The Morgan fingerprint density at radius 2 is 2.11 bits per heavy atom. The molecule has 106 valence electrons. The number of hydrogen-bond donors (Lipinski definition) is 1. The van der Waals surface area contributed by atoms with Crippen LogP contribution in [0.1, 0.15) is 31.2 Å². The van der Waals surface area contributed by atoms with Crippen LogP contribution < -0.4 is 10.1 Å². The zero-order valence-electron chi connectivity index (χ0n) is 11.6. The fraction of sp³-hybridized carbons (Fsp3) is 0.600. The van der Waals surface area contributed by atoms with E-state index in [1.807, 2.05) is 13.1 Å². The molecule has 0 radical (unpaired) electrons. The molecule has 1 aliphatic carbocycles. The molecule has 2 unspecified atom stereocenters. The first-order valence-electron chi connectivity index (χ1n) is 6.85. The summed E-state index contributed by atoms with van der Waals surface area (Å²) in [6.07, 6.45) is 5.05. The number of hydrogen-bond acceptors (Lipinski definition) is 3. The normalized spacial score (nSPS) is 23.3. The SMILES string of the molecule is CNCc1ccc(OC2CCCC(OC)C2)c(Br)c1. The molecule has 0 bridgehead atoms. The average molecular weight is 328 g/mol. The molecule has 1 saturated carbocycles. The van der Waals surface area contributed by atoms with Gasteiger partial charge in [0.15, 0.2) is 0 Å². The molecule has 0 saturated heterocycles. The lowest BCUT2D eigenvalue weighted by atomic mass is 9.95. The molecule has 0 heterocycles. The molecular formula is C15H22BrNO2. The Hall–Kier alpha value is -0.580. The minimum absolute atomic E-state index is 0.269. The molecule has 1 N–H and O–H groups in total. The maximum Gasteiger partial charge on any atom is 0.133 e. The van der Waals surface area contributed by atoms with E-state index in [2.05, 4.69) is 33.4 Å². The fourth-order valence-corrected chi connectivity index (χ4v) is 3.08. The Bertz CT molecular complexity index is 411. The lowest BCUT2D eigenvalue weighted by molar-refractivity contribution is 0.0207. The molecule has 3 nitrogen and oxygen atoms in total. The molecule has 0 aromatic heterocycles. The summed E-state index contributed by atoms with van der Waals surface area (Å²) >= 11 is 3.59. The highest BCUT2D eigenvalue weighted by Crippen LogP contribution is 2.30. The van der Waals surface area contributed by atoms with E-state index >= 15 is 0 Å². The molecule has 1 aromatic rings. The lowest BCUT2D eigenvalue weighted by Gasteiger charge is -2.29. The van der Waals surface area contributed by atoms with Crippen molar-refractivity contribution in [1.29, 1.82) is 0 Å². The summed E-state index contributed by atoms with van der Waals surface area (Å²) in [6, 6.07) is 6.27. The maximum atomic E-state index is 6.10. The summed E-state index contributed by atoms with van der Waals surface area (Å²) in [5.41, 5.74) is 1.25. The van der Waals surface area contributed by atoms with Crippen LogP contribution in [0, 0.1) is 0 Å². The van der Waals surface area contributed by atoms with Crippen LogP contribution in [0.15, 0.2) is 22.7 Å². The van der Waals surface area contributed by atoms with Crippen molar-refractivity contribution in [2.75, 3.05) is 14.2 Å². The van der Waals surface area contributed by atoms with Crippen LogP contribution >= 0.6 is 15.9 Å². The summed E-state index contributed by atoms with van der Waals surface area (Å²) < 4.78 is 12.6. The predicted octanol–water partition coefficient (Wildman–Crippen LogP) is 3.50. The lowest BCUT2D eigenvalue weighted by Crippen LogP contribution is -2.29. The van der Waals surface area contributed by atoms with Crippen molar-refractivity contribution in [2.24, 2.45) is 0 Å². The zero-order chi connectivity index (χ0) is 13.7. The second-order valence-electron chi connectivity index (χ2n) is 5.06. The van der Waals surface area contributed by atoms with Gasteiger partial charge in [0.25, 0.3) is 0 Å². The highest BCUT2D eigenvalue weighted by atomic mass is 79.9. The van der Waals surface area contributed by atoms with Crippen LogP contribution in [0.2, 0.25) is 0 Å². The number of ether oxygens (including phenoxy) is 2. The van der Waals surface area contributed by atoms with Crippen LogP contribution in [0.3, 0.4) is 0 Å². The Balaban J connectivity index is 1.98. The van der Waals surface area contributed by atoms with Gasteiger partial charge < -0.3 is 14.8 Å². The molecular weight excluding hydrogens is 306 g/mol. The first-order chi connectivity index (χ1) is 9.22. The summed E-state index contributed by atoms with van der Waals surface area (Å²) in [6.45, 7) is 0.869. The third kappa shape index (κ3) is 4.20. The number of nitrogens with one attached hydrogen (secondary N) is 1. The summed E-state index contributed by atoms with van der Waals surface area (Å²) in [4.78, 5) is 0. The van der Waals surface area contributed by atoms with E-state index in [-0.39, 0.29) is 6.10 Å². The third-order valence-electron chi connectivity index (χ3n) is 3.58. The molecule has 0 spiro atoms. The second kappa shape index (κ2) is 7.27. The van der Waals surface area contributed by atoms with Crippen LogP contribution in [0.25, 0.3) is 0 Å². The van der Waals surface area contributed by atoms with Crippen molar-refractivity contribution >= 4 is 15.9 Å². The van der Waals surface area contributed by atoms with Crippen LogP contribution in [-0.2, 0) is 11.3 Å². The average Bonchev–Trinajstić information content (AvgIpc) is 2.42. The van der Waals surface area contributed by atoms with E-state index in [9.17, 15) is 0 Å². The van der Waals surface area contributed by atoms with Gasteiger partial charge in [0.2, 0.25) is 0 Å². The highest BCUT2D eigenvalue weighted by molar-refractivity contribution is 9.10. The Labute approximate surface area is 123 Å².